The van der Waals surface area contributed by atoms with Crippen LogP contribution in [0, 0.1) is 16.7 Å². The van der Waals surface area contributed by atoms with Gasteiger partial charge in [0.05, 0.1) is 35.6 Å². The Hall–Kier alpha value is -0.160. The molecule has 33 heavy (non-hydrogen) atoms. The van der Waals surface area contributed by atoms with E-state index in [2.05, 4.69) is 96.9 Å². The fraction of sp³-hybridized carbons (Fsp3) is 1.00. The lowest BCUT2D eigenvalue weighted by molar-refractivity contribution is -0.140. The van der Waals surface area contributed by atoms with E-state index < -0.39 is 0 Å². The van der Waals surface area contributed by atoms with Gasteiger partial charge in [0.1, 0.15) is 0 Å². The molecule has 0 aliphatic carbocycles. The highest BCUT2D eigenvalue weighted by Gasteiger charge is 2.43. The molecule has 0 heterocycles. The van der Waals surface area contributed by atoms with Crippen LogP contribution in [0.15, 0.2) is 0 Å². The van der Waals surface area contributed by atoms with Gasteiger partial charge in [0.2, 0.25) is 0 Å². The Morgan fingerprint density at radius 3 is 1.61 bits per heavy atom. The van der Waals surface area contributed by atoms with Crippen molar-refractivity contribution in [1.29, 1.82) is 0 Å². The first kappa shape index (κ1) is 32.8. The summed E-state index contributed by atoms with van der Waals surface area (Å²) in [4.78, 5) is 0. The topological polar surface area (TPSA) is 36.9 Å². The van der Waals surface area contributed by atoms with E-state index in [1.165, 1.54) is 0 Å². The van der Waals surface area contributed by atoms with Gasteiger partial charge in [0.15, 0.2) is 0 Å². The fourth-order valence-electron chi connectivity index (χ4n) is 3.51. The Bertz CT molecular complexity index is 552. The molecule has 0 spiro atoms. The Labute approximate surface area is 207 Å². The molecule has 0 aromatic carbocycles. The summed E-state index contributed by atoms with van der Waals surface area (Å²) >= 11 is 0. The fourth-order valence-corrected chi connectivity index (χ4v) is 3.51. The van der Waals surface area contributed by atoms with Crippen LogP contribution >= 0.6 is 0 Å². The number of hydrogen-bond acceptors (Lipinski definition) is 4. The summed E-state index contributed by atoms with van der Waals surface area (Å²) in [5.41, 5.74) is -0.587. The van der Waals surface area contributed by atoms with E-state index in [9.17, 15) is 0 Å². The second kappa shape index (κ2) is 12.2. The molecular weight excluding hydrogens is 412 g/mol. The minimum absolute atomic E-state index is 0.00331. The van der Waals surface area contributed by atoms with E-state index in [1.54, 1.807) is 7.11 Å². The van der Waals surface area contributed by atoms with Crippen molar-refractivity contribution in [2.24, 2.45) is 16.7 Å². The molecule has 4 nitrogen and oxygen atoms in total. The van der Waals surface area contributed by atoms with Gasteiger partial charge < -0.3 is 18.9 Å². The maximum atomic E-state index is 6.46. The predicted molar refractivity (Wildman–Crippen MR) is 142 cm³/mol. The highest BCUT2D eigenvalue weighted by atomic mass is 16.5. The molecule has 0 aromatic heterocycles. The first-order chi connectivity index (χ1) is 14.6. The van der Waals surface area contributed by atoms with Crippen molar-refractivity contribution in [3.63, 3.8) is 0 Å². The Balaban J connectivity index is 4.61. The first-order valence-electron chi connectivity index (χ1n) is 13.1. The highest BCUT2D eigenvalue weighted by Crippen LogP contribution is 2.42. The van der Waals surface area contributed by atoms with E-state index in [0.717, 1.165) is 38.9 Å². The van der Waals surface area contributed by atoms with Crippen molar-refractivity contribution in [2.45, 2.75) is 145 Å². The van der Waals surface area contributed by atoms with Crippen molar-refractivity contribution in [1.82, 2.24) is 0 Å². The summed E-state index contributed by atoms with van der Waals surface area (Å²) in [5, 5.41) is 0. The van der Waals surface area contributed by atoms with Crippen LogP contribution in [0.3, 0.4) is 0 Å². The van der Waals surface area contributed by atoms with Crippen LogP contribution in [0.1, 0.15) is 123 Å². The maximum Gasteiger partial charge on any atom is 0.0680 e. The van der Waals surface area contributed by atoms with Crippen LogP contribution in [0.4, 0.5) is 0 Å². The summed E-state index contributed by atoms with van der Waals surface area (Å²) in [6, 6.07) is 0. The van der Waals surface area contributed by atoms with Crippen LogP contribution in [0.2, 0.25) is 0 Å². The first-order valence-corrected chi connectivity index (χ1v) is 13.1. The summed E-state index contributed by atoms with van der Waals surface area (Å²) in [5.74, 6) is 0.395. The predicted octanol–water partition coefficient (Wildman–Crippen LogP) is 8.07. The Morgan fingerprint density at radius 1 is 0.606 bits per heavy atom. The SMILES string of the molecule is COC(C)(C)CCOC(C)(C)C(C)(C)CCCCOC(C)(C)C(C)(C)C(C)COC(C)(C)C. The van der Waals surface area contributed by atoms with Crippen LogP contribution < -0.4 is 0 Å². The summed E-state index contributed by atoms with van der Waals surface area (Å²) in [6.07, 6.45) is 4.18. The van der Waals surface area contributed by atoms with Gasteiger partial charge in [0, 0.05) is 13.7 Å². The average Bonchev–Trinajstić information content (AvgIpc) is 2.64. The zero-order valence-corrected chi connectivity index (χ0v) is 25.2. The van der Waals surface area contributed by atoms with Gasteiger partial charge in [-0.1, -0.05) is 41.0 Å². The van der Waals surface area contributed by atoms with Crippen molar-refractivity contribution in [2.75, 3.05) is 26.9 Å². The minimum atomic E-state index is -0.223. The van der Waals surface area contributed by atoms with Crippen LogP contribution in [0.5, 0.6) is 0 Å². The molecular formula is C29H60O4. The molecule has 0 radical (unpaired) electrons. The van der Waals surface area contributed by atoms with Crippen molar-refractivity contribution >= 4 is 0 Å². The summed E-state index contributed by atoms with van der Waals surface area (Å²) in [7, 11) is 1.76. The van der Waals surface area contributed by atoms with Crippen LogP contribution in [0.25, 0.3) is 0 Å². The third kappa shape index (κ3) is 11.0. The molecule has 1 atom stereocenters. The van der Waals surface area contributed by atoms with Gasteiger partial charge in [-0.15, -0.1) is 0 Å². The molecule has 0 rings (SSSR count). The van der Waals surface area contributed by atoms with E-state index in [0.29, 0.717) is 12.5 Å². The van der Waals surface area contributed by atoms with E-state index >= 15 is 0 Å². The van der Waals surface area contributed by atoms with Crippen LogP contribution in [-0.4, -0.2) is 49.3 Å². The third-order valence-electron chi connectivity index (χ3n) is 8.56. The molecule has 0 bridgehead atoms. The van der Waals surface area contributed by atoms with Gasteiger partial charge in [-0.25, -0.2) is 0 Å². The number of hydrogen-bond donors (Lipinski definition) is 0. The summed E-state index contributed by atoms with van der Waals surface area (Å²) in [6.45, 7) is 33.2. The molecule has 200 valence electrons. The molecule has 1 unspecified atom stereocenters. The zero-order valence-electron chi connectivity index (χ0n) is 25.2. The maximum absolute atomic E-state index is 6.46. The Kier molecular flexibility index (Phi) is 12.1. The second-order valence-electron chi connectivity index (χ2n) is 13.8. The van der Waals surface area contributed by atoms with E-state index in [4.69, 9.17) is 18.9 Å². The average molecular weight is 473 g/mol. The molecule has 0 aliphatic rings. The summed E-state index contributed by atoms with van der Waals surface area (Å²) < 4.78 is 24.4. The number of methoxy groups -OCH3 is 1. The molecule has 0 aromatic rings. The zero-order chi connectivity index (χ0) is 26.4. The molecule has 0 saturated carbocycles. The standard InChI is InChI=1S/C29H60O4/c1-23(22-33-24(2,3)4)27(9,10)29(13,14)31-20-17-16-18-25(5,6)28(11,12)32-21-19-26(7,8)30-15/h23H,16-22H2,1-15H3. The van der Waals surface area contributed by atoms with Gasteiger partial charge >= 0.3 is 0 Å². The van der Waals surface area contributed by atoms with Gasteiger partial charge in [-0.05, 0) is 98.3 Å². The smallest absolute Gasteiger partial charge is 0.0680 e. The molecule has 0 N–H and O–H groups in total. The quantitative estimate of drug-likeness (QED) is 0.213. The largest absolute Gasteiger partial charge is 0.379 e. The molecule has 0 aliphatic heterocycles. The van der Waals surface area contributed by atoms with Crippen molar-refractivity contribution in [3.8, 4) is 0 Å². The van der Waals surface area contributed by atoms with Crippen molar-refractivity contribution < 1.29 is 18.9 Å². The Morgan fingerprint density at radius 2 is 1.12 bits per heavy atom. The van der Waals surface area contributed by atoms with E-state index in [1.807, 2.05) is 0 Å². The highest BCUT2D eigenvalue weighted by molar-refractivity contribution is 4.92. The normalized spacial score (nSPS) is 15.7. The van der Waals surface area contributed by atoms with E-state index in [-0.39, 0.29) is 33.2 Å². The second-order valence-corrected chi connectivity index (χ2v) is 13.8. The lowest BCUT2D eigenvalue weighted by atomic mass is 9.68. The monoisotopic (exact) mass is 472 g/mol. The van der Waals surface area contributed by atoms with Crippen molar-refractivity contribution in [3.05, 3.63) is 0 Å². The minimum Gasteiger partial charge on any atom is -0.379 e. The van der Waals surface area contributed by atoms with Gasteiger partial charge in [-0.3, -0.25) is 0 Å². The van der Waals surface area contributed by atoms with Gasteiger partial charge in [0.25, 0.3) is 0 Å². The molecule has 0 fully saturated rings. The number of ether oxygens (including phenoxy) is 4. The van der Waals surface area contributed by atoms with Gasteiger partial charge in [-0.2, -0.15) is 0 Å². The number of rotatable bonds is 16. The molecule has 4 heteroatoms. The molecule has 0 amide bonds. The lowest BCUT2D eigenvalue weighted by Gasteiger charge is -2.46. The number of unbranched alkanes of at least 4 members (excludes halogenated alkanes) is 1. The lowest BCUT2D eigenvalue weighted by Crippen LogP contribution is -2.47. The van der Waals surface area contributed by atoms with Crippen LogP contribution in [-0.2, 0) is 18.9 Å². The third-order valence-corrected chi connectivity index (χ3v) is 8.56. The molecule has 0 saturated heterocycles.